The highest BCUT2D eigenvalue weighted by Crippen LogP contribution is 2.49. The molecule has 4 bridgehead atoms. The highest BCUT2D eigenvalue weighted by Gasteiger charge is 2.64. The van der Waals surface area contributed by atoms with Crippen molar-refractivity contribution in [2.24, 2.45) is 5.92 Å². The average molecular weight is 741 g/mol. The zero-order valence-corrected chi connectivity index (χ0v) is 29.7. The van der Waals surface area contributed by atoms with Crippen LogP contribution in [0.2, 0.25) is 5.02 Å². The fourth-order valence-electron chi connectivity index (χ4n) is 6.18. The van der Waals surface area contributed by atoms with E-state index in [9.17, 15) is 24.3 Å². The third-order valence-corrected chi connectivity index (χ3v) is 9.76. The van der Waals surface area contributed by atoms with Crippen LogP contribution in [-0.2, 0) is 39.8 Å². The van der Waals surface area contributed by atoms with E-state index in [2.05, 4.69) is 26.6 Å². The van der Waals surface area contributed by atoms with Crippen molar-refractivity contribution in [1.82, 2.24) is 10.6 Å². The predicted molar refractivity (Wildman–Crippen MR) is 178 cm³/mol. The van der Waals surface area contributed by atoms with Gasteiger partial charge in [0.05, 0.1) is 35.0 Å². The molecule has 12 nitrogen and oxygen atoms in total. The number of carbonyl (C=O) groups is 4. The topological polar surface area (TPSA) is 156 Å². The Morgan fingerprint density at radius 1 is 1.32 bits per heavy atom. The summed E-state index contributed by atoms with van der Waals surface area (Å²) in [6, 6.07) is 4.88. The number of amides is 3. The fourth-order valence-corrected chi connectivity index (χ4v) is 6.58. The summed E-state index contributed by atoms with van der Waals surface area (Å²) in [6.07, 6.45) is 1.47. The van der Waals surface area contributed by atoms with Crippen molar-refractivity contribution >= 4 is 57.1 Å². The van der Waals surface area contributed by atoms with E-state index >= 15 is 0 Å². The van der Waals surface area contributed by atoms with Crippen molar-refractivity contribution in [2.75, 3.05) is 24.4 Å². The van der Waals surface area contributed by atoms with Gasteiger partial charge in [0.25, 0.3) is 0 Å². The van der Waals surface area contributed by atoms with Gasteiger partial charge in [0.15, 0.2) is 5.72 Å². The van der Waals surface area contributed by atoms with E-state index in [0.29, 0.717) is 17.1 Å². The van der Waals surface area contributed by atoms with Crippen LogP contribution in [0.4, 0.5) is 10.5 Å². The molecule has 2 fully saturated rings. The van der Waals surface area contributed by atoms with E-state index < -0.39 is 59.8 Å². The standard InChI is InChI=1S/C33H43BrClN3O9/c1-18-8-7-9-21-10-11-22(35)23(14-21)38(5)28(40)15-25(46-29(41)13-19(2)36-27(39)17-34)32(4)30(47-32)20(3)24-16-33(43,26(12-18)44-6)37-31(42)45-24/h7-8,10-12,14,19-20,24-26,30,43H,9,13,15-17H2,1-6H3,(H,36,39)(H,37,42)/t19?,20-,24?,25?,26?,30?,32?,33?/m0/s1. The highest BCUT2D eigenvalue weighted by atomic mass is 79.9. The number of methoxy groups -OCH3 is 1. The normalized spacial score (nSPS) is 31.9. The van der Waals surface area contributed by atoms with Gasteiger partial charge in [0, 0.05) is 32.5 Å². The molecule has 0 radical (unpaired) electrons. The number of benzene rings is 1. The second-order valence-electron chi connectivity index (χ2n) is 12.7. The number of anilines is 1. The lowest BCUT2D eigenvalue weighted by Gasteiger charge is -2.42. The Balaban J connectivity index is 1.71. The molecule has 3 aliphatic heterocycles. The largest absolute Gasteiger partial charge is 0.459 e. The summed E-state index contributed by atoms with van der Waals surface area (Å²) < 4.78 is 23.4. The number of epoxide rings is 1. The van der Waals surface area contributed by atoms with Crippen LogP contribution in [0.5, 0.6) is 0 Å². The number of allylic oxidation sites excluding steroid dienone is 3. The molecule has 0 aliphatic carbocycles. The van der Waals surface area contributed by atoms with Gasteiger partial charge in [0.2, 0.25) is 11.8 Å². The van der Waals surface area contributed by atoms with Gasteiger partial charge in [0.1, 0.15) is 23.9 Å². The van der Waals surface area contributed by atoms with Crippen molar-refractivity contribution in [1.29, 1.82) is 0 Å². The van der Waals surface area contributed by atoms with Crippen LogP contribution < -0.4 is 15.5 Å². The predicted octanol–water partition coefficient (Wildman–Crippen LogP) is 3.95. The molecular formula is C33H43BrClN3O9. The summed E-state index contributed by atoms with van der Waals surface area (Å²) in [5.41, 5.74) is -0.763. The minimum Gasteiger partial charge on any atom is -0.459 e. The number of carbonyl (C=O) groups excluding carboxylic acids is 4. The second-order valence-corrected chi connectivity index (χ2v) is 13.6. The zero-order valence-electron chi connectivity index (χ0n) is 27.4. The number of alkyl halides is 1. The van der Waals surface area contributed by atoms with E-state index in [1.54, 1.807) is 33.0 Å². The summed E-state index contributed by atoms with van der Waals surface area (Å²) >= 11 is 9.63. The van der Waals surface area contributed by atoms with Gasteiger partial charge < -0.3 is 34.3 Å². The molecule has 7 unspecified atom stereocenters. The van der Waals surface area contributed by atoms with Gasteiger partial charge in [-0.05, 0) is 51.0 Å². The Morgan fingerprint density at radius 2 is 2.04 bits per heavy atom. The van der Waals surface area contributed by atoms with Crippen LogP contribution in [0.3, 0.4) is 0 Å². The maximum atomic E-state index is 13.8. The number of hydrogen-bond acceptors (Lipinski definition) is 9. The molecule has 1 aromatic carbocycles. The maximum Gasteiger partial charge on any atom is 0.409 e. The summed E-state index contributed by atoms with van der Waals surface area (Å²) in [6.45, 7) is 7.07. The number of hydrogen-bond donors (Lipinski definition) is 3. The Hall–Kier alpha value is -2.97. The van der Waals surface area contributed by atoms with Gasteiger partial charge in [-0.1, -0.05) is 58.2 Å². The summed E-state index contributed by atoms with van der Waals surface area (Å²) in [5, 5.41) is 17.3. The monoisotopic (exact) mass is 739 g/mol. The number of nitrogens with one attached hydrogen (secondary N) is 2. The van der Waals surface area contributed by atoms with Crippen molar-refractivity contribution in [2.45, 2.75) is 95.2 Å². The van der Waals surface area contributed by atoms with Crippen LogP contribution in [0.25, 0.3) is 0 Å². The Bertz CT molecular complexity index is 1440. The molecule has 14 heteroatoms. The van der Waals surface area contributed by atoms with Crippen LogP contribution in [0.15, 0.2) is 42.0 Å². The molecular weight excluding hydrogens is 698 g/mol. The van der Waals surface area contributed by atoms with Crippen molar-refractivity contribution in [3.8, 4) is 0 Å². The van der Waals surface area contributed by atoms with E-state index in [-0.39, 0.29) is 36.4 Å². The first-order valence-electron chi connectivity index (χ1n) is 15.5. The number of rotatable bonds is 6. The highest BCUT2D eigenvalue weighted by molar-refractivity contribution is 9.09. The van der Waals surface area contributed by atoms with Gasteiger partial charge >= 0.3 is 12.1 Å². The smallest absolute Gasteiger partial charge is 0.409 e. The fraction of sp³-hybridized carbons (Fsp3) is 0.576. The van der Waals surface area contributed by atoms with Crippen molar-refractivity contribution in [3.05, 3.63) is 52.6 Å². The minimum absolute atomic E-state index is 0.0247. The van der Waals surface area contributed by atoms with E-state index in [4.69, 9.17) is 30.5 Å². The first kappa shape index (κ1) is 36.9. The molecule has 3 N–H and O–H groups in total. The van der Waals surface area contributed by atoms with Gasteiger partial charge in [-0.2, -0.15) is 0 Å². The third-order valence-electron chi connectivity index (χ3n) is 8.94. The third kappa shape index (κ3) is 8.74. The molecule has 1 aromatic rings. The van der Waals surface area contributed by atoms with Gasteiger partial charge in [-0.25, -0.2) is 4.79 Å². The molecule has 4 rings (SSSR count). The molecule has 258 valence electrons. The molecule has 0 saturated carbocycles. The summed E-state index contributed by atoms with van der Waals surface area (Å²) in [4.78, 5) is 52.9. The average Bonchev–Trinajstić information content (AvgIpc) is 3.70. The Kier molecular flexibility index (Phi) is 11.8. The van der Waals surface area contributed by atoms with E-state index in [0.717, 1.165) is 11.1 Å². The van der Waals surface area contributed by atoms with Crippen LogP contribution >= 0.6 is 27.5 Å². The Morgan fingerprint density at radius 3 is 2.72 bits per heavy atom. The summed E-state index contributed by atoms with van der Waals surface area (Å²) in [7, 11) is 3.05. The molecule has 2 saturated heterocycles. The number of alkyl carbamates (subject to hydrolysis) is 1. The Labute approximate surface area is 288 Å². The second kappa shape index (κ2) is 15.1. The lowest BCUT2D eigenvalue weighted by Crippen LogP contribution is -2.63. The number of halogens is 2. The van der Waals surface area contributed by atoms with Gasteiger partial charge in [-0.15, -0.1) is 0 Å². The van der Waals surface area contributed by atoms with Crippen molar-refractivity contribution in [3.63, 3.8) is 0 Å². The molecule has 47 heavy (non-hydrogen) atoms. The first-order chi connectivity index (χ1) is 22.1. The number of nitrogens with zero attached hydrogens (tertiary/aromatic N) is 1. The lowest BCUT2D eigenvalue weighted by atomic mass is 9.83. The van der Waals surface area contributed by atoms with Crippen LogP contribution in [0, 0.1) is 5.92 Å². The number of aliphatic hydroxyl groups is 1. The number of ether oxygens (including phenoxy) is 4. The molecule has 0 spiro atoms. The SMILES string of the molecule is COC1C=C(C)C=CCc2ccc(Cl)c(c2)N(C)C(=O)CC(OC(=O)CC(C)NC(=O)CBr)C2(C)OC2[C@@H](C)C2CC1(O)NC(=O)O2. The maximum absolute atomic E-state index is 13.8. The number of fused-ring (bicyclic) bond motifs is 5. The van der Waals surface area contributed by atoms with E-state index in [1.807, 2.05) is 38.1 Å². The molecule has 3 amide bonds. The van der Waals surface area contributed by atoms with Gasteiger partial charge in [-0.3, -0.25) is 19.7 Å². The summed E-state index contributed by atoms with van der Waals surface area (Å²) in [5.74, 6) is -1.77. The molecule has 3 heterocycles. The molecule has 8 atom stereocenters. The lowest BCUT2D eigenvalue weighted by molar-refractivity contribution is -0.154. The number of esters is 1. The van der Waals surface area contributed by atoms with Crippen LogP contribution in [0.1, 0.15) is 52.5 Å². The first-order valence-corrected chi connectivity index (χ1v) is 17.0. The van der Waals surface area contributed by atoms with Crippen LogP contribution in [-0.4, -0.2) is 90.3 Å². The molecule has 3 aliphatic rings. The minimum atomic E-state index is -1.79. The van der Waals surface area contributed by atoms with Crippen molar-refractivity contribution < 1.29 is 43.2 Å². The molecule has 0 aromatic heterocycles. The zero-order chi connectivity index (χ0) is 34.7. The van der Waals surface area contributed by atoms with E-state index in [1.165, 1.54) is 12.0 Å². The quantitative estimate of drug-likeness (QED) is 0.223.